The van der Waals surface area contributed by atoms with E-state index in [1.807, 2.05) is 42.5 Å². The van der Waals surface area contributed by atoms with Crippen molar-refractivity contribution >= 4 is 0 Å². The van der Waals surface area contributed by atoms with Gasteiger partial charge in [-0.25, -0.2) is 0 Å². The standard InChI is InChI=1S/C21H24O3/c1-2-9-18(10-3-1)17-24-20-13-5-4-11-19(20)12-8-16-23-21-14-6-7-15-22-21/h1-5,8-11,13,16,21H,6-7,12,14-15,17H2. The van der Waals surface area contributed by atoms with Crippen LogP contribution >= 0.6 is 0 Å². The maximum atomic E-state index is 5.97. The summed E-state index contributed by atoms with van der Waals surface area (Å²) in [5.74, 6) is 0.917. The molecule has 1 saturated heterocycles. The van der Waals surface area contributed by atoms with Crippen molar-refractivity contribution in [2.24, 2.45) is 0 Å². The molecule has 126 valence electrons. The molecule has 0 bridgehead atoms. The van der Waals surface area contributed by atoms with Crippen molar-refractivity contribution in [3.05, 3.63) is 78.1 Å². The lowest BCUT2D eigenvalue weighted by Gasteiger charge is -2.21. The maximum Gasteiger partial charge on any atom is 0.198 e. The third kappa shape index (κ3) is 5.14. The van der Waals surface area contributed by atoms with Gasteiger partial charge in [0.15, 0.2) is 6.29 Å². The van der Waals surface area contributed by atoms with Crippen LogP contribution in [0.3, 0.4) is 0 Å². The van der Waals surface area contributed by atoms with Gasteiger partial charge in [0, 0.05) is 6.42 Å². The smallest absolute Gasteiger partial charge is 0.198 e. The highest BCUT2D eigenvalue weighted by molar-refractivity contribution is 5.35. The first kappa shape index (κ1) is 16.6. The van der Waals surface area contributed by atoms with Crippen LogP contribution in [0.15, 0.2) is 66.9 Å². The zero-order valence-corrected chi connectivity index (χ0v) is 13.9. The number of hydrogen-bond acceptors (Lipinski definition) is 3. The third-order valence-corrected chi connectivity index (χ3v) is 4.01. The average molecular weight is 324 g/mol. The van der Waals surface area contributed by atoms with Crippen LogP contribution in [-0.4, -0.2) is 12.9 Å². The first-order valence-corrected chi connectivity index (χ1v) is 8.58. The lowest BCUT2D eigenvalue weighted by molar-refractivity contribution is -0.129. The van der Waals surface area contributed by atoms with Crippen LogP contribution in [-0.2, 0) is 22.5 Å². The van der Waals surface area contributed by atoms with Gasteiger partial charge < -0.3 is 14.2 Å². The molecule has 0 saturated carbocycles. The average Bonchev–Trinajstić information content (AvgIpc) is 2.66. The number of para-hydroxylation sites is 1. The fourth-order valence-corrected chi connectivity index (χ4v) is 2.69. The van der Waals surface area contributed by atoms with Crippen molar-refractivity contribution in [1.29, 1.82) is 0 Å². The zero-order valence-electron chi connectivity index (χ0n) is 13.9. The normalized spacial score (nSPS) is 17.8. The Bertz CT molecular complexity index is 631. The summed E-state index contributed by atoms with van der Waals surface area (Å²) in [6, 6.07) is 18.3. The van der Waals surface area contributed by atoms with Crippen molar-refractivity contribution < 1.29 is 14.2 Å². The molecular weight excluding hydrogens is 300 g/mol. The van der Waals surface area contributed by atoms with Crippen LogP contribution in [0.5, 0.6) is 5.75 Å². The van der Waals surface area contributed by atoms with Crippen molar-refractivity contribution in [2.75, 3.05) is 6.61 Å². The van der Waals surface area contributed by atoms with E-state index in [9.17, 15) is 0 Å². The largest absolute Gasteiger partial charge is 0.489 e. The minimum atomic E-state index is -0.0837. The SMILES string of the molecule is C(=COC1CCCCO1)Cc1ccccc1OCc1ccccc1. The van der Waals surface area contributed by atoms with E-state index in [1.54, 1.807) is 6.26 Å². The molecule has 2 aromatic carbocycles. The molecule has 0 aromatic heterocycles. The van der Waals surface area contributed by atoms with Gasteiger partial charge in [0.1, 0.15) is 12.4 Å². The van der Waals surface area contributed by atoms with Crippen LogP contribution in [0.1, 0.15) is 30.4 Å². The summed E-state index contributed by atoms with van der Waals surface area (Å²) in [7, 11) is 0. The topological polar surface area (TPSA) is 27.7 Å². The lowest BCUT2D eigenvalue weighted by Crippen LogP contribution is -2.20. The van der Waals surface area contributed by atoms with Crippen LogP contribution in [0.2, 0.25) is 0 Å². The Kier molecular flexibility index (Phi) is 6.32. The van der Waals surface area contributed by atoms with E-state index in [0.717, 1.165) is 37.2 Å². The van der Waals surface area contributed by atoms with Gasteiger partial charge in [-0.2, -0.15) is 0 Å². The van der Waals surface area contributed by atoms with Gasteiger partial charge in [-0.1, -0.05) is 48.5 Å². The summed E-state index contributed by atoms with van der Waals surface area (Å²) in [6.45, 7) is 1.38. The Morgan fingerprint density at radius 1 is 1.00 bits per heavy atom. The number of rotatable bonds is 7. The van der Waals surface area contributed by atoms with E-state index < -0.39 is 0 Å². The fraction of sp³-hybridized carbons (Fsp3) is 0.333. The molecule has 1 aliphatic heterocycles. The van der Waals surface area contributed by atoms with E-state index >= 15 is 0 Å². The Morgan fingerprint density at radius 3 is 2.67 bits per heavy atom. The number of ether oxygens (including phenoxy) is 3. The zero-order chi connectivity index (χ0) is 16.5. The molecule has 1 atom stereocenters. The van der Waals surface area contributed by atoms with Crippen LogP contribution in [0.25, 0.3) is 0 Å². The number of benzene rings is 2. The van der Waals surface area contributed by atoms with E-state index in [1.165, 1.54) is 12.0 Å². The van der Waals surface area contributed by atoms with Gasteiger partial charge >= 0.3 is 0 Å². The summed E-state index contributed by atoms with van der Waals surface area (Å²) < 4.78 is 17.1. The second kappa shape index (κ2) is 9.14. The van der Waals surface area contributed by atoms with Gasteiger partial charge in [-0.05, 0) is 42.5 Å². The molecule has 0 N–H and O–H groups in total. The third-order valence-electron chi connectivity index (χ3n) is 4.01. The molecule has 0 aliphatic carbocycles. The maximum absolute atomic E-state index is 5.97. The molecule has 0 spiro atoms. The summed E-state index contributed by atoms with van der Waals surface area (Å²) in [5.41, 5.74) is 2.32. The summed E-state index contributed by atoms with van der Waals surface area (Å²) >= 11 is 0. The molecule has 1 unspecified atom stereocenters. The van der Waals surface area contributed by atoms with Gasteiger partial charge in [0.25, 0.3) is 0 Å². The predicted molar refractivity (Wildman–Crippen MR) is 94.7 cm³/mol. The van der Waals surface area contributed by atoms with Gasteiger partial charge in [-0.3, -0.25) is 0 Å². The number of allylic oxidation sites excluding steroid dienone is 1. The monoisotopic (exact) mass is 324 g/mol. The van der Waals surface area contributed by atoms with Gasteiger partial charge in [0.2, 0.25) is 0 Å². The quantitative estimate of drug-likeness (QED) is 0.680. The lowest BCUT2D eigenvalue weighted by atomic mass is 10.1. The molecule has 2 aromatic rings. The molecule has 3 heteroatoms. The first-order valence-electron chi connectivity index (χ1n) is 8.58. The molecule has 1 heterocycles. The second-order valence-electron chi connectivity index (χ2n) is 5.89. The number of hydrogen-bond donors (Lipinski definition) is 0. The molecule has 3 rings (SSSR count). The summed E-state index contributed by atoms with van der Waals surface area (Å²) in [5, 5.41) is 0. The molecule has 0 amide bonds. The summed E-state index contributed by atoms with van der Waals surface area (Å²) in [6.07, 6.45) is 7.75. The molecule has 3 nitrogen and oxygen atoms in total. The molecular formula is C21H24O3. The molecule has 24 heavy (non-hydrogen) atoms. The van der Waals surface area contributed by atoms with Crippen molar-refractivity contribution in [3.8, 4) is 5.75 Å². The first-order chi connectivity index (χ1) is 11.9. The molecule has 1 aliphatic rings. The minimum absolute atomic E-state index is 0.0837. The second-order valence-corrected chi connectivity index (χ2v) is 5.89. The highest BCUT2D eigenvalue weighted by Gasteiger charge is 2.12. The van der Waals surface area contributed by atoms with Crippen molar-refractivity contribution in [2.45, 2.75) is 38.6 Å². The Hall–Kier alpha value is -2.26. The Labute approximate surface area is 143 Å². The Balaban J connectivity index is 1.51. The molecule has 1 fully saturated rings. The van der Waals surface area contributed by atoms with Gasteiger partial charge in [0.05, 0.1) is 12.9 Å². The Morgan fingerprint density at radius 2 is 1.83 bits per heavy atom. The van der Waals surface area contributed by atoms with Crippen LogP contribution < -0.4 is 4.74 Å². The minimum Gasteiger partial charge on any atom is -0.489 e. The van der Waals surface area contributed by atoms with E-state index in [2.05, 4.69) is 18.2 Å². The highest BCUT2D eigenvalue weighted by atomic mass is 16.7. The van der Waals surface area contributed by atoms with Crippen molar-refractivity contribution in [3.63, 3.8) is 0 Å². The summed E-state index contributed by atoms with van der Waals surface area (Å²) in [4.78, 5) is 0. The fourth-order valence-electron chi connectivity index (χ4n) is 2.69. The van der Waals surface area contributed by atoms with Crippen molar-refractivity contribution in [1.82, 2.24) is 0 Å². The predicted octanol–water partition coefficient (Wildman–Crippen LogP) is 4.87. The van der Waals surface area contributed by atoms with E-state index in [-0.39, 0.29) is 6.29 Å². The van der Waals surface area contributed by atoms with E-state index in [4.69, 9.17) is 14.2 Å². The van der Waals surface area contributed by atoms with E-state index in [0.29, 0.717) is 6.61 Å². The van der Waals surface area contributed by atoms with Crippen LogP contribution in [0, 0.1) is 0 Å². The van der Waals surface area contributed by atoms with Crippen LogP contribution in [0.4, 0.5) is 0 Å². The molecule has 0 radical (unpaired) electrons. The van der Waals surface area contributed by atoms with Gasteiger partial charge in [-0.15, -0.1) is 0 Å². The highest BCUT2D eigenvalue weighted by Crippen LogP contribution is 2.20.